The van der Waals surface area contributed by atoms with E-state index in [1.807, 2.05) is 0 Å². The Morgan fingerprint density at radius 2 is 2.11 bits per heavy atom. The van der Waals surface area contributed by atoms with Gasteiger partial charge in [-0.25, -0.2) is 0 Å². The maximum atomic E-state index is 11.0. The summed E-state index contributed by atoms with van der Waals surface area (Å²) in [6.45, 7) is 0. The van der Waals surface area contributed by atoms with Gasteiger partial charge in [-0.2, -0.15) is 9.67 Å². The molecule has 1 fully saturated rings. The molecular weight excluding hydrogens is 234 g/mol. The molecule has 7 nitrogen and oxygen atoms in total. The molecule has 1 saturated carbocycles. The van der Waals surface area contributed by atoms with E-state index in [0.29, 0.717) is 17.4 Å². The van der Waals surface area contributed by atoms with Gasteiger partial charge in [0.25, 0.3) is 5.69 Å². The molecule has 3 rings (SSSR count). The largest absolute Gasteiger partial charge is 0.368 e. The lowest BCUT2D eigenvalue weighted by atomic mass is 10.3. The van der Waals surface area contributed by atoms with Crippen molar-refractivity contribution in [1.82, 2.24) is 14.8 Å². The molecule has 18 heavy (non-hydrogen) atoms. The van der Waals surface area contributed by atoms with Gasteiger partial charge >= 0.3 is 0 Å². The smallest absolute Gasteiger partial charge is 0.295 e. The third kappa shape index (κ3) is 1.69. The number of benzene rings is 1. The molecule has 1 aliphatic rings. The number of hydrogen-bond acceptors (Lipinski definition) is 5. The molecule has 0 radical (unpaired) electrons. The number of nitrogen functional groups attached to an aromatic ring is 1. The van der Waals surface area contributed by atoms with Crippen LogP contribution in [0, 0.1) is 10.1 Å². The van der Waals surface area contributed by atoms with Crippen molar-refractivity contribution in [3.63, 3.8) is 0 Å². The minimum absolute atomic E-state index is 0.0311. The number of nitro groups is 1. The predicted molar refractivity (Wildman–Crippen MR) is 64.4 cm³/mol. The van der Waals surface area contributed by atoms with E-state index >= 15 is 0 Å². The van der Waals surface area contributed by atoms with Crippen molar-refractivity contribution in [1.29, 1.82) is 0 Å². The molecule has 0 aliphatic heterocycles. The van der Waals surface area contributed by atoms with Gasteiger partial charge < -0.3 is 5.73 Å². The van der Waals surface area contributed by atoms with E-state index in [0.717, 1.165) is 12.8 Å². The highest BCUT2D eigenvalue weighted by Crippen LogP contribution is 2.38. The van der Waals surface area contributed by atoms with E-state index in [2.05, 4.69) is 10.1 Å². The SMILES string of the molecule is Nc1nc(C2CC2)nn1-c1ccccc1[N+](=O)[O-]. The molecule has 7 heteroatoms. The van der Waals surface area contributed by atoms with Crippen LogP contribution in [-0.2, 0) is 0 Å². The summed E-state index contributed by atoms with van der Waals surface area (Å²) in [5.41, 5.74) is 6.09. The van der Waals surface area contributed by atoms with Crippen LogP contribution in [0.25, 0.3) is 5.69 Å². The second-order valence-corrected chi connectivity index (χ2v) is 4.26. The van der Waals surface area contributed by atoms with Crippen molar-refractivity contribution in [2.24, 2.45) is 0 Å². The van der Waals surface area contributed by atoms with E-state index in [9.17, 15) is 10.1 Å². The van der Waals surface area contributed by atoms with Crippen LogP contribution in [0.15, 0.2) is 24.3 Å². The Labute approximate surface area is 102 Å². The lowest BCUT2D eigenvalue weighted by molar-refractivity contribution is -0.384. The lowest BCUT2D eigenvalue weighted by Gasteiger charge is -2.02. The number of nitrogens with two attached hydrogens (primary N) is 1. The molecule has 0 saturated heterocycles. The summed E-state index contributed by atoms with van der Waals surface area (Å²) < 4.78 is 1.34. The van der Waals surface area contributed by atoms with Gasteiger partial charge in [0.1, 0.15) is 5.69 Å². The molecule has 0 atom stereocenters. The van der Waals surface area contributed by atoms with Crippen LogP contribution in [0.4, 0.5) is 11.6 Å². The Morgan fingerprint density at radius 3 is 2.78 bits per heavy atom. The van der Waals surface area contributed by atoms with Gasteiger partial charge in [0, 0.05) is 12.0 Å². The minimum atomic E-state index is -0.451. The number of anilines is 1. The summed E-state index contributed by atoms with van der Waals surface area (Å²) >= 11 is 0. The molecule has 0 unspecified atom stereocenters. The van der Waals surface area contributed by atoms with Crippen LogP contribution in [0.3, 0.4) is 0 Å². The van der Waals surface area contributed by atoms with Gasteiger partial charge in [0.05, 0.1) is 4.92 Å². The van der Waals surface area contributed by atoms with E-state index in [4.69, 9.17) is 5.73 Å². The van der Waals surface area contributed by atoms with E-state index in [-0.39, 0.29) is 11.6 Å². The van der Waals surface area contributed by atoms with Crippen LogP contribution >= 0.6 is 0 Å². The van der Waals surface area contributed by atoms with E-state index in [1.54, 1.807) is 18.2 Å². The number of para-hydroxylation sites is 2. The number of aromatic nitrogens is 3. The van der Waals surface area contributed by atoms with E-state index in [1.165, 1.54) is 10.7 Å². The monoisotopic (exact) mass is 245 g/mol. The van der Waals surface area contributed by atoms with Gasteiger partial charge in [-0.1, -0.05) is 12.1 Å². The molecule has 1 aliphatic carbocycles. The van der Waals surface area contributed by atoms with Gasteiger partial charge in [0.15, 0.2) is 5.82 Å². The van der Waals surface area contributed by atoms with Crippen LogP contribution in [0.2, 0.25) is 0 Å². The average Bonchev–Trinajstić information content (AvgIpc) is 3.13. The zero-order valence-corrected chi connectivity index (χ0v) is 9.48. The summed E-state index contributed by atoms with van der Waals surface area (Å²) in [6.07, 6.45) is 2.11. The Balaban J connectivity index is 2.11. The molecule has 0 bridgehead atoms. The maximum Gasteiger partial charge on any atom is 0.295 e. The fraction of sp³-hybridized carbons (Fsp3) is 0.273. The quantitative estimate of drug-likeness (QED) is 0.654. The van der Waals surface area contributed by atoms with Gasteiger partial charge in [0.2, 0.25) is 5.95 Å². The van der Waals surface area contributed by atoms with Crippen molar-refractivity contribution < 1.29 is 4.92 Å². The molecule has 1 aromatic heterocycles. The first kappa shape index (κ1) is 10.7. The van der Waals surface area contributed by atoms with Crippen LogP contribution < -0.4 is 5.73 Å². The standard InChI is InChI=1S/C11H11N5O2/c12-11-13-10(7-5-6-7)14-15(11)8-3-1-2-4-9(8)16(17)18/h1-4,7H,5-6H2,(H2,12,13,14). The third-order valence-electron chi connectivity index (χ3n) is 2.90. The molecule has 1 aromatic carbocycles. The first-order valence-corrected chi connectivity index (χ1v) is 5.63. The van der Waals surface area contributed by atoms with Gasteiger partial charge in [-0.3, -0.25) is 10.1 Å². The molecule has 1 heterocycles. The highest BCUT2D eigenvalue weighted by atomic mass is 16.6. The van der Waals surface area contributed by atoms with Crippen molar-refractivity contribution in [3.05, 3.63) is 40.2 Å². The van der Waals surface area contributed by atoms with Crippen LogP contribution in [0.5, 0.6) is 0 Å². The first-order valence-electron chi connectivity index (χ1n) is 5.63. The van der Waals surface area contributed by atoms with Crippen LogP contribution in [-0.4, -0.2) is 19.7 Å². The molecule has 92 valence electrons. The lowest BCUT2D eigenvalue weighted by Crippen LogP contribution is -2.05. The Hall–Kier alpha value is -2.44. The normalized spacial score (nSPS) is 14.7. The highest BCUT2D eigenvalue weighted by Gasteiger charge is 2.29. The molecule has 2 N–H and O–H groups in total. The van der Waals surface area contributed by atoms with Gasteiger partial charge in [-0.15, -0.1) is 5.10 Å². The zero-order chi connectivity index (χ0) is 12.7. The first-order chi connectivity index (χ1) is 8.66. The second kappa shape index (κ2) is 3.80. The topological polar surface area (TPSA) is 99.9 Å². The Morgan fingerprint density at radius 1 is 1.39 bits per heavy atom. The van der Waals surface area contributed by atoms with Gasteiger partial charge in [-0.05, 0) is 18.9 Å². The fourth-order valence-electron chi connectivity index (χ4n) is 1.83. The number of nitro benzene ring substituents is 1. The summed E-state index contributed by atoms with van der Waals surface area (Å²) in [4.78, 5) is 14.7. The molecule has 0 amide bonds. The Kier molecular flexibility index (Phi) is 2.26. The highest BCUT2D eigenvalue weighted by molar-refractivity contribution is 5.54. The van der Waals surface area contributed by atoms with Crippen molar-refractivity contribution in [3.8, 4) is 5.69 Å². The molecule has 0 spiro atoms. The third-order valence-corrected chi connectivity index (χ3v) is 2.90. The molecular formula is C11H11N5O2. The van der Waals surface area contributed by atoms with E-state index < -0.39 is 4.92 Å². The summed E-state index contributed by atoms with van der Waals surface area (Å²) in [5, 5.41) is 15.2. The maximum absolute atomic E-state index is 11.0. The van der Waals surface area contributed by atoms with Crippen molar-refractivity contribution in [2.45, 2.75) is 18.8 Å². The predicted octanol–water partition coefficient (Wildman–Crippen LogP) is 1.64. The summed E-state index contributed by atoms with van der Waals surface area (Å²) in [5.74, 6) is 1.22. The Bertz CT molecular complexity index is 618. The fourth-order valence-corrected chi connectivity index (χ4v) is 1.83. The van der Waals surface area contributed by atoms with Crippen molar-refractivity contribution in [2.75, 3.05) is 5.73 Å². The zero-order valence-electron chi connectivity index (χ0n) is 9.48. The van der Waals surface area contributed by atoms with Crippen molar-refractivity contribution >= 4 is 11.6 Å². The second-order valence-electron chi connectivity index (χ2n) is 4.26. The van der Waals surface area contributed by atoms with Crippen LogP contribution in [0.1, 0.15) is 24.6 Å². The number of rotatable bonds is 3. The average molecular weight is 245 g/mol. The number of hydrogen-bond donors (Lipinski definition) is 1. The molecule has 2 aromatic rings. The summed E-state index contributed by atoms with van der Waals surface area (Å²) in [7, 11) is 0. The number of nitrogens with zero attached hydrogens (tertiary/aromatic N) is 4. The summed E-state index contributed by atoms with van der Waals surface area (Å²) in [6, 6.07) is 6.35. The minimum Gasteiger partial charge on any atom is -0.368 e.